The first-order valence-electron chi connectivity index (χ1n) is 4.14. The highest BCUT2D eigenvalue weighted by molar-refractivity contribution is 4.96. The summed E-state index contributed by atoms with van der Waals surface area (Å²) in [5.74, 6) is -0.834. The standard InChI is InChI=1S/C8H12F3N3/c1-13(2)5-6-14-4-3-12-7(14)8(9,10)11/h3-4H,5-6H2,1-2H3. The number of imidazole rings is 1. The van der Waals surface area contributed by atoms with Crippen LogP contribution in [0.2, 0.25) is 0 Å². The first kappa shape index (κ1) is 11.0. The zero-order valence-corrected chi connectivity index (χ0v) is 8.04. The molecule has 0 aliphatic heterocycles. The number of likely N-dealkylation sites (N-methyl/N-ethyl adjacent to an activating group) is 1. The summed E-state index contributed by atoms with van der Waals surface area (Å²) in [5, 5.41) is 0. The molecule has 80 valence electrons. The van der Waals surface area contributed by atoms with Gasteiger partial charge >= 0.3 is 6.18 Å². The van der Waals surface area contributed by atoms with Gasteiger partial charge in [0, 0.05) is 25.5 Å². The van der Waals surface area contributed by atoms with Crippen molar-refractivity contribution in [3.63, 3.8) is 0 Å². The van der Waals surface area contributed by atoms with Gasteiger partial charge < -0.3 is 9.47 Å². The molecule has 0 aromatic carbocycles. The molecule has 0 bridgehead atoms. The van der Waals surface area contributed by atoms with Crippen LogP contribution in [0.15, 0.2) is 12.4 Å². The largest absolute Gasteiger partial charge is 0.449 e. The van der Waals surface area contributed by atoms with Crippen LogP contribution in [0.1, 0.15) is 5.82 Å². The van der Waals surface area contributed by atoms with Crippen molar-refractivity contribution in [3.05, 3.63) is 18.2 Å². The molecule has 6 heteroatoms. The van der Waals surface area contributed by atoms with E-state index in [4.69, 9.17) is 0 Å². The molecular weight excluding hydrogens is 195 g/mol. The molecule has 0 aliphatic rings. The summed E-state index contributed by atoms with van der Waals surface area (Å²) in [6.45, 7) is 0.848. The van der Waals surface area contributed by atoms with Crippen LogP contribution in [0.4, 0.5) is 13.2 Å². The number of halogens is 3. The van der Waals surface area contributed by atoms with E-state index < -0.39 is 12.0 Å². The van der Waals surface area contributed by atoms with Crippen molar-refractivity contribution in [2.75, 3.05) is 20.6 Å². The van der Waals surface area contributed by atoms with Crippen LogP contribution in [0.25, 0.3) is 0 Å². The van der Waals surface area contributed by atoms with Gasteiger partial charge in [-0.1, -0.05) is 0 Å². The van der Waals surface area contributed by atoms with Crippen LogP contribution in [0.5, 0.6) is 0 Å². The number of nitrogens with zero attached hydrogens (tertiary/aromatic N) is 3. The molecule has 0 N–H and O–H groups in total. The van der Waals surface area contributed by atoms with Gasteiger partial charge in [-0.2, -0.15) is 13.2 Å². The third kappa shape index (κ3) is 2.73. The van der Waals surface area contributed by atoms with Gasteiger partial charge in [-0.3, -0.25) is 0 Å². The second-order valence-corrected chi connectivity index (χ2v) is 3.25. The van der Waals surface area contributed by atoms with Crippen LogP contribution in [-0.4, -0.2) is 35.1 Å². The molecule has 0 fully saturated rings. The smallest absolute Gasteiger partial charge is 0.326 e. The topological polar surface area (TPSA) is 21.1 Å². The Balaban J connectivity index is 2.73. The first-order chi connectivity index (χ1) is 6.41. The molecule has 14 heavy (non-hydrogen) atoms. The molecular formula is C8H12F3N3. The molecule has 0 radical (unpaired) electrons. The quantitative estimate of drug-likeness (QED) is 0.748. The Morgan fingerprint density at radius 2 is 2.07 bits per heavy atom. The van der Waals surface area contributed by atoms with Gasteiger partial charge in [0.25, 0.3) is 0 Å². The molecule has 0 aliphatic carbocycles. The van der Waals surface area contributed by atoms with E-state index in [1.165, 1.54) is 12.4 Å². The Hall–Kier alpha value is -1.04. The van der Waals surface area contributed by atoms with Gasteiger partial charge in [-0.05, 0) is 14.1 Å². The van der Waals surface area contributed by atoms with Gasteiger partial charge in [0.1, 0.15) is 0 Å². The fourth-order valence-electron chi connectivity index (χ4n) is 1.05. The Morgan fingerprint density at radius 3 is 2.57 bits per heavy atom. The fourth-order valence-corrected chi connectivity index (χ4v) is 1.05. The van der Waals surface area contributed by atoms with Crippen molar-refractivity contribution in [2.45, 2.75) is 12.7 Å². The molecule has 0 unspecified atom stereocenters. The van der Waals surface area contributed by atoms with Crippen molar-refractivity contribution >= 4 is 0 Å². The number of aromatic nitrogens is 2. The Morgan fingerprint density at radius 1 is 1.43 bits per heavy atom. The molecule has 0 saturated heterocycles. The Kier molecular flexibility index (Phi) is 3.15. The lowest BCUT2D eigenvalue weighted by atomic mass is 10.5. The van der Waals surface area contributed by atoms with Crippen LogP contribution in [-0.2, 0) is 12.7 Å². The van der Waals surface area contributed by atoms with E-state index in [1.807, 2.05) is 19.0 Å². The van der Waals surface area contributed by atoms with E-state index in [2.05, 4.69) is 4.98 Å². The predicted octanol–water partition coefficient (Wildman–Crippen LogP) is 1.46. The van der Waals surface area contributed by atoms with E-state index in [0.717, 1.165) is 4.57 Å². The van der Waals surface area contributed by atoms with Gasteiger partial charge in [0.2, 0.25) is 5.82 Å². The molecule has 1 rings (SSSR count). The highest BCUT2D eigenvalue weighted by atomic mass is 19.4. The first-order valence-corrected chi connectivity index (χ1v) is 4.14. The summed E-state index contributed by atoms with van der Waals surface area (Å²) in [6, 6.07) is 0. The number of hydrogen-bond donors (Lipinski definition) is 0. The predicted molar refractivity (Wildman–Crippen MR) is 45.8 cm³/mol. The van der Waals surface area contributed by atoms with Gasteiger partial charge in [-0.25, -0.2) is 4.98 Å². The summed E-state index contributed by atoms with van der Waals surface area (Å²) in [5.41, 5.74) is 0. The van der Waals surface area contributed by atoms with Crippen LogP contribution < -0.4 is 0 Å². The molecule has 3 nitrogen and oxygen atoms in total. The molecule has 0 amide bonds. The Bertz CT molecular complexity index is 290. The third-order valence-electron chi connectivity index (χ3n) is 1.76. The van der Waals surface area contributed by atoms with Crippen molar-refractivity contribution in [3.8, 4) is 0 Å². The molecule has 1 aromatic heterocycles. The number of rotatable bonds is 3. The van der Waals surface area contributed by atoms with Crippen LogP contribution in [0.3, 0.4) is 0 Å². The lowest BCUT2D eigenvalue weighted by molar-refractivity contribution is -0.147. The Labute approximate surface area is 80.2 Å². The summed E-state index contributed by atoms with van der Waals surface area (Å²) in [4.78, 5) is 5.10. The summed E-state index contributed by atoms with van der Waals surface area (Å²) >= 11 is 0. The molecule has 0 saturated carbocycles. The molecule has 1 heterocycles. The minimum absolute atomic E-state index is 0.293. The maximum atomic E-state index is 12.3. The van der Waals surface area contributed by atoms with E-state index in [0.29, 0.717) is 13.1 Å². The maximum Gasteiger partial charge on any atom is 0.449 e. The van der Waals surface area contributed by atoms with Gasteiger partial charge in [-0.15, -0.1) is 0 Å². The zero-order chi connectivity index (χ0) is 10.8. The molecule has 0 spiro atoms. The SMILES string of the molecule is CN(C)CCn1ccnc1C(F)(F)F. The average molecular weight is 207 g/mol. The zero-order valence-electron chi connectivity index (χ0n) is 8.04. The van der Waals surface area contributed by atoms with Crippen molar-refractivity contribution in [2.24, 2.45) is 0 Å². The average Bonchev–Trinajstić information content (AvgIpc) is 2.46. The highest BCUT2D eigenvalue weighted by Gasteiger charge is 2.35. The molecule has 0 atom stereocenters. The summed E-state index contributed by atoms with van der Waals surface area (Å²) in [7, 11) is 3.62. The van der Waals surface area contributed by atoms with Crippen LogP contribution in [0, 0.1) is 0 Å². The van der Waals surface area contributed by atoms with Crippen molar-refractivity contribution in [1.82, 2.24) is 14.5 Å². The second kappa shape index (κ2) is 4.00. The highest BCUT2D eigenvalue weighted by Crippen LogP contribution is 2.27. The fraction of sp³-hybridized carbons (Fsp3) is 0.625. The lowest BCUT2D eigenvalue weighted by Crippen LogP contribution is -2.22. The minimum atomic E-state index is -4.37. The van der Waals surface area contributed by atoms with E-state index >= 15 is 0 Å². The van der Waals surface area contributed by atoms with Crippen molar-refractivity contribution < 1.29 is 13.2 Å². The van der Waals surface area contributed by atoms with E-state index in [9.17, 15) is 13.2 Å². The molecule has 1 aromatic rings. The second-order valence-electron chi connectivity index (χ2n) is 3.25. The van der Waals surface area contributed by atoms with Crippen molar-refractivity contribution in [1.29, 1.82) is 0 Å². The van der Waals surface area contributed by atoms with E-state index in [1.54, 1.807) is 0 Å². The maximum absolute atomic E-state index is 12.3. The monoisotopic (exact) mass is 207 g/mol. The minimum Gasteiger partial charge on any atom is -0.326 e. The third-order valence-corrected chi connectivity index (χ3v) is 1.76. The summed E-state index contributed by atoms with van der Waals surface area (Å²) < 4.78 is 38.0. The number of hydrogen-bond acceptors (Lipinski definition) is 2. The van der Waals surface area contributed by atoms with Gasteiger partial charge in [0.05, 0.1) is 0 Å². The van der Waals surface area contributed by atoms with Gasteiger partial charge in [0.15, 0.2) is 0 Å². The summed E-state index contributed by atoms with van der Waals surface area (Å²) in [6.07, 6.45) is -1.86. The van der Waals surface area contributed by atoms with E-state index in [-0.39, 0.29) is 0 Å². The normalized spacial score (nSPS) is 12.4. The number of alkyl halides is 3. The van der Waals surface area contributed by atoms with Crippen LogP contribution >= 0.6 is 0 Å². The lowest BCUT2D eigenvalue weighted by Gasteiger charge is -2.13.